The standard InChI is InChI=1S/C14H16N6O2/c1-8(15)14(22)18-12-7-6-10(13(16)17-12)20-19-9-4-2-3-5-11(9)21/h2-8,21H,15H2,1H3,(H3,16,17,18,22)/t8-/m0/s1. The first-order chi connectivity index (χ1) is 10.5. The minimum absolute atomic E-state index is 0.0126. The molecular formula is C14H16N6O2. The number of carbonyl (C=O) groups excluding carboxylic acids is 1. The van der Waals surface area contributed by atoms with Crippen LogP contribution in [0.4, 0.5) is 23.0 Å². The summed E-state index contributed by atoms with van der Waals surface area (Å²) in [5.41, 5.74) is 11.9. The lowest BCUT2D eigenvalue weighted by Gasteiger charge is -2.08. The van der Waals surface area contributed by atoms with Crippen LogP contribution in [0.2, 0.25) is 0 Å². The fraction of sp³-hybridized carbons (Fsp3) is 0.143. The zero-order valence-electron chi connectivity index (χ0n) is 11.9. The second-order valence-electron chi connectivity index (χ2n) is 4.57. The summed E-state index contributed by atoms with van der Waals surface area (Å²) in [5, 5.41) is 20.0. The molecule has 0 radical (unpaired) electrons. The van der Waals surface area contributed by atoms with Gasteiger partial charge in [0, 0.05) is 0 Å². The number of phenolic OH excluding ortho intramolecular Hbond substituents is 1. The minimum Gasteiger partial charge on any atom is -0.506 e. The van der Waals surface area contributed by atoms with Crippen LogP contribution in [-0.4, -0.2) is 22.0 Å². The Bertz CT molecular complexity index is 714. The van der Waals surface area contributed by atoms with E-state index in [-0.39, 0.29) is 23.3 Å². The SMILES string of the molecule is C[C@H](N)C(=O)Nc1ccc(N=Nc2ccccc2O)c(N)n1. The first-order valence-corrected chi connectivity index (χ1v) is 6.50. The van der Waals surface area contributed by atoms with Gasteiger partial charge in [0.15, 0.2) is 5.82 Å². The lowest BCUT2D eigenvalue weighted by Crippen LogP contribution is -2.32. The highest BCUT2D eigenvalue weighted by Gasteiger charge is 2.09. The molecule has 1 aromatic carbocycles. The zero-order chi connectivity index (χ0) is 16.1. The molecule has 0 saturated carbocycles. The van der Waals surface area contributed by atoms with E-state index < -0.39 is 6.04 Å². The molecule has 2 aromatic rings. The van der Waals surface area contributed by atoms with E-state index in [1.807, 2.05) is 0 Å². The normalized spacial score (nSPS) is 12.3. The number of anilines is 2. The van der Waals surface area contributed by atoms with Gasteiger partial charge >= 0.3 is 0 Å². The van der Waals surface area contributed by atoms with Crippen LogP contribution in [0.3, 0.4) is 0 Å². The number of nitrogens with two attached hydrogens (primary N) is 2. The number of amides is 1. The van der Waals surface area contributed by atoms with Gasteiger partial charge in [-0.15, -0.1) is 10.2 Å². The van der Waals surface area contributed by atoms with Gasteiger partial charge in [0.2, 0.25) is 5.91 Å². The Morgan fingerprint density at radius 1 is 1.23 bits per heavy atom. The fourth-order valence-corrected chi connectivity index (χ4v) is 1.52. The molecule has 22 heavy (non-hydrogen) atoms. The number of rotatable bonds is 4. The van der Waals surface area contributed by atoms with E-state index in [0.717, 1.165) is 0 Å². The molecule has 0 aliphatic heterocycles. The van der Waals surface area contributed by atoms with Crippen molar-refractivity contribution in [2.75, 3.05) is 11.1 Å². The van der Waals surface area contributed by atoms with Gasteiger partial charge in [-0.05, 0) is 31.2 Å². The molecule has 0 unspecified atom stereocenters. The molecule has 0 saturated heterocycles. The molecule has 0 bridgehead atoms. The monoisotopic (exact) mass is 300 g/mol. The molecule has 0 aliphatic carbocycles. The van der Waals surface area contributed by atoms with Gasteiger partial charge in [0.1, 0.15) is 22.9 Å². The van der Waals surface area contributed by atoms with Crippen LogP contribution >= 0.6 is 0 Å². The molecule has 114 valence electrons. The largest absolute Gasteiger partial charge is 0.506 e. The number of nitrogen functional groups attached to an aromatic ring is 1. The number of carbonyl (C=O) groups is 1. The third-order valence-electron chi connectivity index (χ3n) is 2.71. The van der Waals surface area contributed by atoms with Gasteiger partial charge in [-0.2, -0.15) is 0 Å². The van der Waals surface area contributed by atoms with Crippen LogP contribution < -0.4 is 16.8 Å². The van der Waals surface area contributed by atoms with Crippen molar-refractivity contribution in [3.05, 3.63) is 36.4 Å². The van der Waals surface area contributed by atoms with E-state index in [4.69, 9.17) is 11.5 Å². The summed E-state index contributed by atoms with van der Waals surface area (Å²) in [7, 11) is 0. The molecule has 1 heterocycles. The average molecular weight is 300 g/mol. The average Bonchev–Trinajstić information content (AvgIpc) is 2.48. The third-order valence-corrected chi connectivity index (χ3v) is 2.71. The molecule has 0 spiro atoms. The first-order valence-electron chi connectivity index (χ1n) is 6.50. The summed E-state index contributed by atoms with van der Waals surface area (Å²) in [6.07, 6.45) is 0. The number of nitrogens with one attached hydrogen (secondary N) is 1. The number of para-hydroxylation sites is 1. The van der Waals surface area contributed by atoms with E-state index in [9.17, 15) is 9.90 Å². The van der Waals surface area contributed by atoms with Crippen molar-refractivity contribution in [3.8, 4) is 5.75 Å². The van der Waals surface area contributed by atoms with Gasteiger partial charge in [0.25, 0.3) is 0 Å². The van der Waals surface area contributed by atoms with Crippen LogP contribution in [0, 0.1) is 0 Å². The lowest BCUT2D eigenvalue weighted by molar-refractivity contribution is -0.117. The lowest BCUT2D eigenvalue weighted by atomic mass is 10.3. The number of aromatic nitrogens is 1. The van der Waals surface area contributed by atoms with E-state index in [2.05, 4.69) is 20.5 Å². The molecule has 8 nitrogen and oxygen atoms in total. The smallest absolute Gasteiger partial charge is 0.242 e. The van der Waals surface area contributed by atoms with Crippen LogP contribution in [-0.2, 0) is 4.79 Å². The maximum atomic E-state index is 11.5. The highest BCUT2D eigenvalue weighted by molar-refractivity contribution is 5.93. The quantitative estimate of drug-likeness (QED) is 0.640. The minimum atomic E-state index is -0.650. The molecule has 6 N–H and O–H groups in total. The van der Waals surface area contributed by atoms with Crippen molar-refractivity contribution in [2.24, 2.45) is 16.0 Å². The molecule has 1 aromatic heterocycles. The van der Waals surface area contributed by atoms with Crippen LogP contribution in [0.25, 0.3) is 0 Å². The summed E-state index contributed by atoms with van der Waals surface area (Å²) >= 11 is 0. The van der Waals surface area contributed by atoms with Gasteiger partial charge in [0.05, 0.1) is 6.04 Å². The molecule has 1 amide bonds. The molecule has 0 aliphatic rings. The Hall–Kier alpha value is -3.00. The topological polar surface area (TPSA) is 139 Å². The van der Waals surface area contributed by atoms with E-state index >= 15 is 0 Å². The van der Waals surface area contributed by atoms with Crippen LogP contribution in [0.1, 0.15) is 6.92 Å². The third kappa shape index (κ3) is 3.76. The Morgan fingerprint density at radius 2 is 1.91 bits per heavy atom. The molecule has 8 heteroatoms. The number of pyridine rings is 1. The molecule has 1 atom stereocenters. The van der Waals surface area contributed by atoms with Gasteiger partial charge in [-0.1, -0.05) is 12.1 Å². The summed E-state index contributed by atoms with van der Waals surface area (Å²) in [5.74, 6) is 0.0250. The summed E-state index contributed by atoms with van der Waals surface area (Å²) in [6.45, 7) is 1.56. The molecular weight excluding hydrogens is 284 g/mol. The highest BCUT2D eigenvalue weighted by Crippen LogP contribution is 2.29. The Balaban J connectivity index is 2.17. The number of aromatic hydroxyl groups is 1. The van der Waals surface area contributed by atoms with Gasteiger partial charge in [-0.3, -0.25) is 4.79 Å². The van der Waals surface area contributed by atoms with Crippen molar-refractivity contribution < 1.29 is 9.90 Å². The number of nitrogens with zero attached hydrogens (tertiary/aromatic N) is 3. The molecule has 0 fully saturated rings. The number of benzene rings is 1. The van der Waals surface area contributed by atoms with E-state index in [1.54, 1.807) is 31.2 Å². The summed E-state index contributed by atoms with van der Waals surface area (Å²) in [6, 6.07) is 8.96. The summed E-state index contributed by atoms with van der Waals surface area (Å²) in [4.78, 5) is 15.5. The summed E-state index contributed by atoms with van der Waals surface area (Å²) < 4.78 is 0. The number of hydrogen-bond donors (Lipinski definition) is 4. The Morgan fingerprint density at radius 3 is 2.55 bits per heavy atom. The predicted molar refractivity (Wildman–Crippen MR) is 83.2 cm³/mol. The maximum absolute atomic E-state index is 11.5. The highest BCUT2D eigenvalue weighted by atomic mass is 16.3. The van der Waals surface area contributed by atoms with Crippen molar-refractivity contribution in [3.63, 3.8) is 0 Å². The van der Waals surface area contributed by atoms with Crippen molar-refractivity contribution in [1.82, 2.24) is 4.98 Å². The fourth-order valence-electron chi connectivity index (χ4n) is 1.52. The Labute approximate surface area is 126 Å². The second kappa shape index (κ2) is 6.64. The van der Waals surface area contributed by atoms with Crippen LogP contribution in [0.15, 0.2) is 46.6 Å². The Kier molecular flexibility index (Phi) is 4.64. The van der Waals surface area contributed by atoms with Crippen molar-refractivity contribution >= 4 is 28.9 Å². The van der Waals surface area contributed by atoms with Crippen molar-refractivity contribution in [1.29, 1.82) is 0 Å². The number of hydrogen-bond acceptors (Lipinski definition) is 7. The van der Waals surface area contributed by atoms with Crippen molar-refractivity contribution in [2.45, 2.75) is 13.0 Å². The second-order valence-corrected chi connectivity index (χ2v) is 4.57. The number of phenols is 1. The first kappa shape index (κ1) is 15.4. The van der Waals surface area contributed by atoms with E-state index in [0.29, 0.717) is 11.4 Å². The molecule has 2 rings (SSSR count). The van der Waals surface area contributed by atoms with Crippen LogP contribution in [0.5, 0.6) is 5.75 Å². The maximum Gasteiger partial charge on any atom is 0.242 e. The van der Waals surface area contributed by atoms with Gasteiger partial charge in [-0.25, -0.2) is 4.98 Å². The predicted octanol–water partition coefficient (Wildman–Crippen LogP) is 2.07. The van der Waals surface area contributed by atoms with Gasteiger partial charge < -0.3 is 21.9 Å². The van der Waals surface area contributed by atoms with E-state index in [1.165, 1.54) is 12.1 Å². The zero-order valence-corrected chi connectivity index (χ0v) is 11.9. The number of azo groups is 1.